The average molecular weight is 285 g/mol. The Bertz CT molecular complexity index is 665. The smallest absolute Gasteiger partial charge is 0.210 e. The van der Waals surface area contributed by atoms with E-state index < -0.39 is 0 Å². The van der Waals surface area contributed by atoms with Gasteiger partial charge in [-0.3, -0.25) is 9.48 Å². The molecular formula is C16H19N3O2. The number of aryl methyl sites for hydroxylation is 1. The fourth-order valence-electron chi connectivity index (χ4n) is 3.05. The van der Waals surface area contributed by atoms with E-state index in [2.05, 4.69) is 24.2 Å². The molecule has 110 valence electrons. The van der Waals surface area contributed by atoms with Gasteiger partial charge in [-0.2, -0.15) is 5.10 Å². The molecule has 1 aliphatic rings. The summed E-state index contributed by atoms with van der Waals surface area (Å²) < 4.78 is 7.14. The quantitative estimate of drug-likeness (QED) is 0.811. The van der Waals surface area contributed by atoms with Crippen molar-refractivity contribution in [2.75, 3.05) is 13.7 Å². The van der Waals surface area contributed by atoms with E-state index >= 15 is 0 Å². The molecule has 2 aromatic rings. The van der Waals surface area contributed by atoms with E-state index in [1.54, 1.807) is 11.8 Å². The minimum Gasteiger partial charge on any atom is -0.497 e. The number of ether oxygens (including phenoxy) is 1. The number of carbonyl (C=O) groups is 1. The molecule has 1 amide bonds. The van der Waals surface area contributed by atoms with Crippen LogP contribution in [0.15, 0.2) is 30.6 Å². The first-order valence-electron chi connectivity index (χ1n) is 7.01. The van der Waals surface area contributed by atoms with E-state index in [-0.39, 0.29) is 12.0 Å². The molecule has 3 rings (SSSR count). The molecule has 1 aromatic heterocycles. The number of hydrogen-bond acceptors (Lipinski definition) is 3. The number of fused-ring (bicyclic) bond motifs is 1. The van der Waals surface area contributed by atoms with Crippen LogP contribution in [-0.4, -0.2) is 34.7 Å². The monoisotopic (exact) mass is 285 g/mol. The first-order valence-corrected chi connectivity index (χ1v) is 7.01. The molecule has 2 heterocycles. The zero-order chi connectivity index (χ0) is 15.0. The second-order valence-electron chi connectivity index (χ2n) is 5.47. The Morgan fingerprint density at radius 1 is 1.38 bits per heavy atom. The molecule has 0 unspecified atom stereocenters. The van der Waals surface area contributed by atoms with Crippen molar-refractivity contribution in [3.8, 4) is 5.75 Å². The number of carbonyl (C=O) groups excluding carboxylic acids is 1. The topological polar surface area (TPSA) is 47.4 Å². The van der Waals surface area contributed by atoms with Crippen LogP contribution in [0.4, 0.5) is 0 Å². The molecule has 0 N–H and O–H groups in total. The lowest BCUT2D eigenvalue weighted by molar-refractivity contribution is -0.120. The van der Waals surface area contributed by atoms with E-state index in [0.29, 0.717) is 6.54 Å². The highest BCUT2D eigenvalue weighted by Crippen LogP contribution is 2.40. The fourth-order valence-corrected chi connectivity index (χ4v) is 3.05. The molecule has 0 aliphatic carbocycles. The summed E-state index contributed by atoms with van der Waals surface area (Å²) in [5.74, 6) is 0.972. The molecule has 0 radical (unpaired) electrons. The van der Waals surface area contributed by atoms with Gasteiger partial charge in [0.2, 0.25) is 6.41 Å². The molecule has 5 heteroatoms. The Hall–Kier alpha value is -2.30. The second-order valence-corrected chi connectivity index (χ2v) is 5.47. The van der Waals surface area contributed by atoms with Crippen LogP contribution >= 0.6 is 0 Å². The van der Waals surface area contributed by atoms with Gasteiger partial charge in [-0.05, 0) is 35.7 Å². The van der Waals surface area contributed by atoms with Gasteiger partial charge in [0.15, 0.2) is 0 Å². The van der Waals surface area contributed by atoms with Gasteiger partial charge in [-0.25, -0.2) is 0 Å². The number of rotatable bonds is 3. The summed E-state index contributed by atoms with van der Waals surface area (Å²) in [6.45, 7) is 2.72. The summed E-state index contributed by atoms with van der Waals surface area (Å²) in [5.41, 5.74) is 3.50. The van der Waals surface area contributed by atoms with Crippen molar-refractivity contribution in [2.45, 2.75) is 18.9 Å². The summed E-state index contributed by atoms with van der Waals surface area (Å²) in [6.07, 6.45) is 4.81. The van der Waals surface area contributed by atoms with Crippen molar-refractivity contribution < 1.29 is 9.53 Å². The highest BCUT2D eigenvalue weighted by molar-refractivity contribution is 5.54. The molecular weight excluding hydrogens is 266 g/mol. The van der Waals surface area contributed by atoms with Crippen LogP contribution < -0.4 is 4.74 Å². The molecule has 2 atom stereocenters. The first kappa shape index (κ1) is 13.7. The third-order valence-corrected chi connectivity index (χ3v) is 4.27. The van der Waals surface area contributed by atoms with E-state index in [9.17, 15) is 4.79 Å². The van der Waals surface area contributed by atoms with Gasteiger partial charge in [-0.15, -0.1) is 0 Å². The van der Waals surface area contributed by atoms with Crippen LogP contribution in [0.1, 0.15) is 35.6 Å². The highest BCUT2D eigenvalue weighted by Gasteiger charge is 2.31. The van der Waals surface area contributed by atoms with Crippen LogP contribution in [-0.2, 0) is 11.8 Å². The number of benzene rings is 1. The van der Waals surface area contributed by atoms with Crippen LogP contribution in [0.5, 0.6) is 5.75 Å². The minimum absolute atomic E-state index is 0.0799. The van der Waals surface area contributed by atoms with E-state index in [4.69, 9.17) is 4.74 Å². The molecule has 1 aliphatic heterocycles. The average Bonchev–Trinajstić information content (AvgIpc) is 2.93. The summed E-state index contributed by atoms with van der Waals surface area (Å²) in [6, 6.07) is 6.16. The largest absolute Gasteiger partial charge is 0.497 e. The Labute approximate surface area is 124 Å². The molecule has 5 nitrogen and oxygen atoms in total. The van der Waals surface area contributed by atoms with Gasteiger partial charge in [0.1, 0.15) is 5.75 Å². The van der Waals surface area contributed by atoms with Gasteiger partial charge >= 0.3 is 0 Å². The second kappa shape index (κ2) is 5.24. The predicted molar refractivity (Wildman–Crippen MR) is 79.2 cm³/mol. The van der Waals surface area contributed by atoms with E-state index in [1.807, 2.05) is 30.4 Å². The highest BCUT2D eigenvalue weighted by atomic mass is 16.5. The van der Waals surface area contributed by atoms with Gasteiger partial charge in [0.05, 0.1) is 19.3 Å². The van der Waals surface area contributed by atoms with Gasteiger partial charge in [0.25, 0.3) is 0 Å². The Balaban J connectivity index is 2.12. The number of nitrogens with zero attached hydrogens (tertiary/aromatic N) is 3. The normalized spacial score (nSPS) is 21.0. The summed E-state index contributed by atoms with van der Waals surface area (Å²) in [7, 11) is 3.57. The van der Waals surface area contributed by atoms with Gasteiger partial charge in [0, 0.05) is 25.7 Å². The standard InChI is InChI=1S/C16H19N3O2/c1-11-14-5-4-13(21-3)6-15(14)16(9-19(11)10-20)12-7-17-18(2)8-12/h4-8,10-11,16H,9H2,1-3H3/t11-,16+/m0/s1. The van der Waals surface area contributed by atoms with Crippen molar-refractivity contribution in [2.24, 2.45) is 7.05 Å². The van der Waals surface area contributed by atoms with Crippen molar-refractivity contribution in [1.82, 2.24) is 14.7 Å². The minimum atomic E-state index is 0.0799. The van der Waals surface area contributed by atoms with Crippen molar-refractivity contribution in [1.29, 1.82) is 0 Å². The summed E-state index contributed by atoms with van der Waals surface area (Å²) in [5, 5.41) is 4.26. The predicted octanol–water partition coefficient (Wildman–Crippen LogP) is 2.09. The van der Waals surface area contributed by atoms with E-state index in [1.165, 1.54) is 11.1 Å². The first-order chi connectivity index (χ1) is 10.1. The molecule has 0 spiro atoms. The summed E-state index contributed by atoms with van der Waals surface area (Å²) in [4.78, 5) is 13.2. The number of aromatic nitrogens is 2. The van der Waals surface area contributed by atoms with Crippen LogP contribution in [0.3, 0.4) is 0 Å². The van der Waals surface area contributed by atoms with Crippen molar-refractivity contribution >= 4 is 6.41 Å². The van der Waals surface area contributed by atoms with Crippen LogP contribution in [0, 0.1) is 0 Å². The zero-order valence-corrected chi connectivity index (χ0v) is 12.5. The van der Waals surface area contributed by atoms with Crippen molar-refractivity contribution in [3.63, 3.8) is 0 Å². The third-order valence-electron chi connectivity index (χ3n) is 4.27. The molecule has 21 heavy (non-hydrogen) atoms. The fraction of sp³-hybridized carbons (Fsp3) is 0.375. The number of methoxy groups -OCH3 is 1. The van der Waals surface area contributed by atoms with Crippen molar-refractivity contribution in [3.05, 3.63) is 47.3 Å². The third kappa shape index (κ3) is 2.28. The molecule has 0 bridgehead atoms. The molecule has 0 saturated carbocycles. The molecule has 1 aromatic carbocycles. The van der Waals surface area contributed by atoms with Gasteiger partial charge in [-0.1, -0.05) is 6.07 Å². The van der Waals surface area contributed by atoms with Gasteiger partial charge < -0.3 is 9.64 Å². The lowest BCUT2D eigenvalue weighted by Gasteiger charge is -2.37. The maximum absolute atomic E-state index is 11.4. The number of hydrogen-bond donors (Lipinski definition) is 0. The zero-order valence-electron chi connectivity index (χ0n) is 12.5. The molecule has 0 saturated heterocycles. The molecule has 0 fully saturated rings. The Kier molecular flexibility index (Phi) is 3.41. The Morgan fingerprint density at radius 2 is 2.19 bits per heavy atom. The van der Waals surface area contributed by atoms with Crippen LogP contribution in [0.25, 0.3) is 0 Å². The number of amides is 1. The Morgan fingerprint density at radius 3 is 2.81 bits per heavy atom. The lowest BCUT2D eigenvalue weighted by Crippen LogP contribution is -2.36. The maximum Gasteiger partial charge on any atom is 0.210 e. The lowest BCUT2D eigenvalue weighted by atomic mass is 9.83. The van der Waals surface area contributed by atoms with E-state index in [0.717, 1.165) is 17.7 Å². The maximum atomic E-state index is 11.4. The van der Waals surface area contributed by atoms with Crippen LogP contribution in [0.2, 0.25) is 0 Å². The SMILES string of the molecule is COc1ccc2c(c1)[C@@H](c1cnn(C)c1)CN(C=O)[C@H]2C. The summed E-state index contributed by atoms with van der Waals surface area (Å²) >= 11 is 0.